The van der Waals surface area contributed by atoms with Crippen molar-refractivity contribution in [3.8, 4) is 5.75 Å². The van der Waals surface area contributed by atoms with Crippen molar-refractivity contribution in [2.45, 2.75) is 65.2 Å². The Labute approximate surface area is 166 Å². The Morgan fingerprint density at radius 2 is 1.89 bits per heavy atom. The summed E-state index contributed by atoms with van der Waals surface area (Å²) in [7, 11) is 1.42. The molecule has 0 N–H and O–H groups in total. The van der Waals surface area contributed by atoms with Gasteiger partial charge >= 0.3 is 5.97 Å². The minimum atomic E-state index is -0.325. The number of methoxy groups -OCH3 is 1. The number of rotatable bonds is 7. The molecule has 2 aromatic rings. The Bertz CT molecular complexity index is 848. The van der Waals surface area contributed by atoms with Crippen molar-refractivity contribution in [2.24, 2.45) is 5.41 Å². The molecular formula is C22H30N2O4. The predicted molar refractivity (Wildman–Crippen MR) is 107 cm³/mol. The molecule has 1 aliphatic rings. The van der Waals surface area contributed by atoms with Crippen molar-refractivity contribution in [3.63, 3.8) is 0 Å². The van der Waals surface area contributed by atoms with Gasteiger partial charge in [0.15, 0.2) is 17.2 Å². The highest BCUT2D eigenvalue weighted by molar-refractivity contribution is 5.97. The number of hydrogen-bond acceptors (Lipinski definition) is 5. The van der Waals surface area contributed by atoms with Crippen molar-refractivity contribution in [3.05, 3.63) is 29.7 Å². The van der Waals surface area contributed by atoms with Crippen molar-refractivity contribution < 1.29 is 19.1 Å². The van der Waals surface area contributed by atoms with Crippen LogP contribution in [0.25, 0.3) is 5.65 Å². The van der Waals surface area contributed by atoms with Gasteiger partial charge in [0.2, 0.25) is 0 Å². The first-order chi connectivity index (χ1) is 13.5. The highest BCUT2D eigenvalue weighted by atomic mass is 16.5. The number of hydrogen-bond donors (Lipinski definition) is 0. The number of carbonyl (C=O) groups is 2. The average Bonchev–Trinajstić information content (AvgIpc) is 2.85. The van der Waals surface area contributed by atoms with Crippen LogP contribution in [0.2, 0.25) is 0 Å². The minimum absolute atomic E-state index is 0.0319. The van der Waals surface area contributed by atoms with E-state index >= 15 is 0 Å². The Balaban J connectivity index is 1.94. The van der Waals surface area contributed by atoms with E-state index in [0.717, 1.165) is 38.5 Å². The van der Waals surface area contributed by atoms with E-state index in [1.54, 1.807) is 0 Å². The summed E-state index contributed by atoms with van der Waals surface area (Å²) in [6.07, 6.45) is 8.67. The van der Waals surface area contributed by atoms with Crippen LogP contribution in [0.1, 0.15) is 74.5 Å². The molecule has 6 heteroatoms. The Morgan fingerprint density at radius 3 is 2.54 bits per heavy atom. The summed E-state index contributed by atoms with van der Waals surface area (Å²) >= 11 is 0. The summed E-state index contributed by atoms with van der Waals surface area (Å²) in [4.78, 5) is 30.1. The molecule has 0 aromatic carbocycles. The molecule has 28 heavy (non-hydrogen) atoms. The number of aryl methyl sites for hydroxylation is 1. The third-order valence-electron chi connectivity index (χ3n) is 5.80. The fourth-order valence-corrected chi connectivity index (χ4v) is 4.46. The summed E-state index contributed by atoms with van der Waals surface area (Å²) in [5.41, 5.74) is 1.62. The summed E-state index contributed by atoms with van der Waals surface area (Å²) in [6, 6.07) is 3.73. The van der Waals surface area contributed by atoms with Crippen LogP contribution in [0.5, 0.6) is 5.75 Å². The number of aromatic nitrogens is 2. The predicted octanol–water partition coefficient (Wildman–Crippen LogP) is 4.52. The van der Waals surface area contributed by atoms with Crippen LogP contribution >= 0.6 is 0 Å². The molecule has 0 atom stereocenters. The van der Waals surface area contributed by atoms with E-state index < -0.39 is 0 Å². The standard InChI is InChI=1S/C22H30N2O4/c1-4-28-18-10-9-13-24-20(16(2)23-21(18)24)17(25)14-22(15-19(26)27-3)11-7-5-6-8-12-22/h9-10,13H,4-8,11-12,14-15H2,1-3H3. The first kappa shape index (κ1) is 20.4. The van der Waals surface area contributed by atoms with Gasteiger partial charge in [-0.3, -0.25) is 14.0 Å². The molecule has 0 amide bonds. The molecule has 152 valence electrons. The molecule has 2 aromatic heterocycles. The zero-order valence-corrected chi connectivity index (χ0v) is 17.1. The summed E-state index contributed by atoms with van der Waals surface area (Å²) in [5, 5.41) is 0. The molecular weight excluding hydrogens is 356 g/mol. The Morgan fingerprint density at radius 1 is 1.18 bits per heavy atom. The average molecular weight is 386 g/mol. The van der Waals surface area contributed by atoms with Gasteiger partial charge in [-0.1, -0.05) is 25.7 Å². The van der Waals surface area contributed by atoms with Crippen LogP contribution in [-0.2, 0) is 9.53 Å². The van der Waals surface area contributed by atoms with Gasteiger partial charge in [-0.05, 0) is 44.2 Å². The molecule has 0 spiro atoms. The lowest BCUT2D eigenvalue weighted by Gasteiger charge is -2.31. The van der Waals surface area contributed by atoms with Gasteiger partial charge in [0.1, 0.15) is 5.69 Å². The number of imidazole rings is 1. The van der Waals surface area contributed by atoms with Gasteiger partial charge in [-0.15, -0.1) is 0 Å². The monoisotopic (exact) mass is 386 g/mol. The van der Waals surface area contributed by atoms with Crippen LogP contribution in [0.4, 0.5) is 0 Å². The molecule has 0 saturated heterocycles. The lowest BCUT2D eigenvalue weighted by Crippen LogP contribution is -2.28. The molecule has 1 aliphatic carbocycles. The molecule has 3 rings (SSSR count). The van der Waals surface area contributed by atoms with Crippen molar-refractivity contribution in [1.29, 1.82) is 0 Å². The maximum atomic E-state index is 13.4. The van der Waals surface area contributed by atoms with E-state index in [-0.39, 0.29) is 17.2 Å². The van der Waals surface area contributed by atoms with E-state index in [1.807, 2.05) is 36.6 Å². The second-order valence-corrected chi connectivity index (χ2v) is 7.81. The quantitative estimate of drug-likeness (QED) is 0.398. The highest BCUT2D eigenvalue weighted by Gasteiger charge is 2.37. The first-order valence-corrected chi connectivity index (χ1v) is 10.2. The summed E-state index contributed by atoms with van der Waals surface area (Å²) < 4.78 is 12.4. The number of esters is 1. The number of ether oxygens (including phenoxy) is 2. The number of Topliss-reactive ketones (excluding diaryl/α,β-unsaturated/α-hetero) is 1. The topological polar surface area (TPSA) is 69.9 Å². The van der Waals surface area contributed by atoms with Gasteiger partial charge in [-0.2, -0.15) is 0 Å². The van der Waals surface area contributed by atoms with E-state index in [1.165, 1.54) is 7.11 Å². The van der Waals surface area contributed by atoms with E-state index in [0.29, 0.717) is 42.2 Å². The normalized spacial score (nSPS) is 16.5. The summed E-state index contributed by atoms with van der Waals surface area (Å²) in [6.45, 7) is 4.32. The lowest BCUT2D eigenvalue weighted by molar-refractivity contribution is -0.143. The van der Waals surface area contributed by atoms with E-state index in [2.05, 4.69) is 4.98 Å². The van der Waals surface area contributed by atoms with Crippen molar-refractivity contribution in [2.75, 3.05) is 13.7 Å². The molecule has 1 fully saturated rings. The van der Waals surface area contributed by atoms with Gasteiger partial charge in [0.05, 0.1) is 25.8 Å². The smallest absolute Gasteiger partial charge is 0.306 e. The second kappa shape index (κ2) is 8.76. The molecule has 0 unspecified atom stereocenters. The van der Waals surface area contributed by atoms with Crippen molar-refractivity contribution in [1.82, 2.24) is 9.38 Å². The molecule has 6 nitrogen and oxygen atoms in total. The molecule has 0 radical (unpaired) electrons. The molecule has 1 saturated carbocycles. The second-order valence-electron chi connectivity index (χ2n) is 7.81. The fourth-order valence-electron chi connectivity index (χ4n) is 4.46. The van der Waals surface area contributed by atoms with Crippen LogP contribution in [-0.4, -0.2) is 34.9 Å². The fraction of sp³-hybridized carbons (Fsp3) is 0.591. The first-order valence-electron chi connectivity index (χ1n) is 10.2. The Hall–Kier alpha value is -2.37. The molecule has 2 heterocycles. The molecule has 0 aliphatic heterocycles. The third-order valence-corrected chi connectivity index (χ3v) is 5.80. The van der Waals surface area contributed by atoms with Gasteiger partial charge in [0.25, 0.3) is 0 Å². The van der Waals surface area contributed by atoms with Crippen LogP contribution in [0, 0.1) is 12.3 Å². The third kappa shape index (κ3) is 4.21. The zero-order valence-electron chi connectivity index (χ0n) is 17.1. The number of pyridine rings is 1. The highest BCUT2D eigenvalue weighted by Crippen LogP contribution is 2.42. The number of fused-ring (bicyclic) bond motifs is 1. The van der Waals surface area contributed by atoms with Gasteiger partial charge in [-0.25, -0.2) is 4.98 Å². The lowest BCUT2D eigenvalue weighted by atomic mass is 9.73. The zero-order chi connectivity index (χ0) is 20.1. The van der Waals surface area contributed by atoms with Crippen LogP contribution < -0.4 is 4.74 Å². The number of ketones is 1. The van der Waals surface area contributed by atoms with Gasteiger partial charge < -0.3 is 9.47 Å². The van der Waals surface area contributed by atoms with Crippen LogP contribution in [0.15, 0.2) is 18.3 Å². The SMILES string of the molecule is CCOc1cccn2c(C(=O)CC3(CC(=O)OC)CCCCCC3)c(C)nc12. The number of carbonyl (C=O) groups excluding carboxylic acids is 2. The minimum Gasteiger partial charge on any atom is -0.490 e. The van der Waals surface area contributed by atoms with Gasteiger partial charge in [0, 0.05) is 12.6 Å². The maximum absolute atomic E-state index is 13.4. The summed E-state index contributed by atoms with van der Waals surface area (Å²) in [5.74, 6) is 0.471. The molecule has 0 bridgehead atoms. The van der Waals surface area contributed by atoms with Crippen LogP contribution in [0.3, 0.4) is 0 Å². The van der Waals surface area contributed by atoms with Crippen molar-refractivity contribution >= 4 is 17.4 Å². The maximum Gasteiger partial charge on any atom is 0.306 e. The van der Waals surface area contributed by atoms with E-state index in [9.17, 15) is 9.59 Å². The van der Waals surface area contributed by atoms with E-state index in [4.69, 9.17) is 9.47 Å². The Kier molecular flexibility index (Phi) is 6.37. The largest absolute Gasteiger partial charge is 0.490 e. The number of nitrogens with zero attached hydrogens (tertiary/aromatic N) is 2.